The molecule has 0 aromatic heterocycles. The van der Waals surface area contributed by atoms with Crippen LogP contribution in [0.1, 0.15) is 19.3 Å². The molecule has 1 aliphatic rings. The van der Waals surface area contributed by atoms with Crippen LogP contribution in [0, 0.1) is 0 Å². The second kappa shape index (κ2) is 5.43. The number of carbonyl (C=O) groups is 1. The fraction of sp³-hybridized carbons (Fsp3) is 0.417. The normalized spacial score (nSPS) is 12.5. The molecule has 0 saturated heterocycles. The van der Waals surface area contributed by atoms with E-state index in [-0.39, 0.29) is 13.2 Å². The van der Waals surface area contributed by atoms with Crippen LogP contribution in [0.2, 0.25) is 0 Å². The molecule has 0 atom stereocenters. The molecule has 0 fully saturated rings. The summed E-state index contributed by atoms with van der Waals surface area (Å²) in [5.41, 5.74) is 0.963. The molecule has 1 aromatic rings. The van der Waals surface area contributed by atoms with E-state index in [4.69, 9.17) is 14.6 Å². The summed E-state index contributed by atoms with van der Waals surface area (Å²) in [4.78, 5) is 10.3. The zero-order valence-electron chi connectivity index (χ0n) is 9.44. The van der Waals surface area contributed by atoms with Crippen LogP contribution in [0.4, 0.5) is 5.69 Å². The monoisotopic (exact) mass is 237 g/mol. The molecular formula is C12H15NO4. The van der Waals surface area contributed by atoms with Gasteiger partial charge in [0.1, 0.15) is 0 Å². The minimum absolute atomic E-state index is 0.225. The van der Waals surface area contributed by atoms with E-state index >= 15 is 0 Å². The van der Waals surface area contributed by atoms with Crippen molar-refractivity contribution in [3.63, 3.8) is 0 Å². The third kappa shape index (κ3) is 3.27. The van der Waals surface area contributed by atoms with Gasteiger partial charge in [0.2, 0.25) is 6.79 Å². The molecule has 1 aromatic carbocycles. The number of rotatable bonds is 6. The smallest absolute Gasteiger partial charge is 0.303 e. The molecule has 5 nitrogen and oxygen atoms in total. The van der Waals surface area contributed by atoms with Gasteiger partial charge < -0.3 is 19.9 Å². The van der Waals surface area contributed by atoms with Crippen molar-refractivity contribution in [1.29, 1.82) is 0 Å². The minimum Gasteiger partial charge on any atom is -0.481 e. The molecule has 0 bridgehead atoms. The van der Waals surface area contributed by atoms with Crippen LogP contribution in [0.3, 0.4) is 0 Å². The number of ether oxygens (including phenoxy) is 2. The summed E-state index contributed by atoms with van der Waals surface area (Å²) in [6.07, 6.45) is 1.75. The lowest BCUT2D eigenvalue weighted by Gasteiger charge is -2.06. The Kier molecular flexibility index (Phi) is 3.69. The summed E-state index contributed by atoms with van der Waals surface area (Å²) in [5.74, 6) is 0.773. The average Bonchev–Trinajstić information content (AvgIpc) is 2.75. The van der Waals surface area contributed by atoms with E-state index in [0.29, 0.717) is 6.42 Å². The molecule has 5 heteroatoms. The summed E-state index contributed by atoms with van der Waals surface area (Å²) in [6, 6.07) is 5.67. The second-order valence-corrected chi connectivity index (χ2v) is 3.85. The number of aliphatic carboxylic acids is 1. The Bertz CT molecular complexity index is 405. The Labute approximate surface area is 99.3 Å². The molecular weight excluding hydrogens is 222 g/mol. The van der Waals surface area contributed by atoms with Gasteiger partial charge in [0, 0.05) is 24.7 Å². The van der Waals surface area contributed by atoms with Crippen LogP contribution < -0.4 is 14.8 Å². The van der Waals surface area contributed by atoms with Crippen molar-refractivity contribution in [1.82, 2.24) is 0 Å². The highest BCUT2D eigenvalue weighted by Gasteiger charge is 2.12. The number of hydrogen-bond donors (Lipinski definition) is 2. The second-order valence-electron chi connectivity index (χ2n) is 3.85. The van der Waals surface area contributed by atoms with Gasteiger partial charge in [0.15, 0.2) is 11.5 Å². The summed E-state index contributed by atoms with van der Waals surface area (Å²) in [7, 11) is 0. The van der Waals surface area contributed by atoms with Gasteiger partial charge >= 0.3 is 5.97 Å². The number of hydrogen-bond acceptors (Lipinski definition) is 4. The molecule has 2 N–H and O–H groups in total. The van der Waals surface area contributed by atoms with Crippen LogP contribution in [-0.2, 0) is 4.79 Å². The van der Waals surface area contributed by atoms with Crippen molar-refractivity contribution in [2.24, 2.45) is 0 Å². The van der Waals surface area contributed by atoms with E-state index in [0.717, 1.165) is 30.2 Å². The van der Waals surface area contributed by atoms with Crippen molar-refractivity contribution in [2.45, 2.75) is 19.3 Å². The van der Waals surface area contributed by atoms with Gasteiger partial charge in [-0.25, -0.2) is 0 Å². The fourth-order valence-corrected chi connectivity index (χ4v) is 1.64. The lowest BCUT2D eigenvalue weighted by molar-refractivity contribution is -0.137. The van der Waals surface area contributed by atoms with Crippen molar-refractivity contribution in [3.05, 3.63) is 18.2 Å². The van der Waals surface area contributed by atoms with Crippen molar-refractivity contribution in [3.8, 4) is 11.5 Å². The molecule has 1 aliphatic heterocycles. The number of carboxylic acid groups (broad SMARTS) is 1. The maximum atomic E-state index is 10.3. The van der Waals surface area contributed by atoms with Crippen LogP contribution >= 0.6 is 0 Å². The molecule has 0 radical (unpaired) electrons. The average molecular weight is 237 g/mol. The summed E-state index contributed by atoms with van der Waals surface area (Å²) >= 11 is 0. The van der Waals surface area contributed by atoms with Crippen molar-refractivity contribution >= 4 is 11.7 Å². The van der Waals surface area contributed by atoms with Gasteiger partial charge in [-0.1, -0.05) is 0 Å². The minimum atomic E-state index is -0.743. The standard InChI is InChI=1S/C12H15NO4/c14-12(15)3-1-2-6-13-9-4-5-10-11(7-9)17-8-16-10/h4-5,7,13H,1-3,6,8H2,(H,14,15). The molecule has 0 unspecified atom stereocenters. The highest BCUT2D eigenvalue weighted by molar-refractivity contribution is 5.66. The van der Waals surface area contributed by atoms with Crippen LogP contribution in [-0.4, -0.2) is 24.4 Å². The first-order valence-corrected chi connectivity index (χ1v) is 5.61. The number of benzene rings is 1. The molecule has 0 saturated carbocycles. The largest absolute Gasteiger partial charge is 0.481 e. The molecule has 17 heavy (non-hydrogen) atoms. The van der Waals surface area contributed by atoms with Crippen LogP contribution in [0.5, 0.6) is 11.5 Å². The third-order valence-electron chi connectivity index (χ3n) is 2.52. The fourth-order valence-electron chi connectivity index (χ4n) is 1.64. The lowest BCUT2D eigenvalue weighted by atomic mass is 10.2. The van der Waals surface area contributed by atoms with E-state index in [2.05, 4.69) is 5.32 Å². The maximum absolute atomic E-state index is 10.3. The van der Waals surface area contributed by atoms with E-state index in [9.17, 15) is 4.79 Å². The predicted octanol–water partition coefficient (Wildman–Crippen LogP) is 2.08. The predicted molar refractivity (Wildman–Crippen MR) is 62.5 cm³/mol. The van der Waals surface area contributed by atoms with Gasteiger partial charge in [0.05, 0.1) is 0 Å². The van der Waals surface area contributed by atoms with Crippen LogP contribution in [0.25, 0.3) is 0 Å². The number of anilines is 1. The number of nitrogens with one attached hydrogen (secondary N) is 1. The Balaban J connectivity index is 1.74. The summed E-state index contributed by atoms with van der Waals surface area (Å²) in [6.45, 7) is 1.03. The van der Waals surface area contributed by atoms with E-state index < -0.39 is 5.97 Å². The molecule has 2 rings (SSSR count). The molecule has 0 aliphatic carbocycles. The first-order valence-electron chi connectivity index (χ1n) is 5.61. The van der Waals surface area contributed by atoms with Crippen molar-refractivity contribution < 1.29 is 19.4 Å². The Morgan fingerprint density at radius 3 is 2.94 bits per heavy atom. The zero-order valence-corrected chi connectivity index (χ0v) is 9.44. The first-order chi connectivity index (χ1) is 8.25. The number of fused-ring (bicyclic) bond motifs is 1. The SMILES string of the molecule is O=C(O)CCCCNc1ccc2c(c1)OCO2. The topological polar surface area (TPSA) is 67.8 Å². The lowest BCUT2D eigenvalue weighted by Crippen LogP contribution is -2.03. The van der Waals surface area contributed by atoms with Gasteiger partial charge in [-0.2, -0.15) is 0 Å². The quantitative estimate of drug-likeness (QED) is 0.741. The van der Waals surface area contributed by atoms with Gasteiger partial charge in [0.25, 0.3) is 0 Å². The summed E-state index contributed by atoms with van der Waals surface area (Å²) in [5, 5.41) is 11.7. The zero-order chi connectivity index (χ0) is 12.1. The van der Waals surface area contributed by atoms with Gasteiger partial charge in [-0.3, -0.25) is 4.79 Å². The molecule has 92 valence electrons. The first kappa shape index (κ1) is 11.6. The number of carboxylic acids is 1. The Morgan fingerprint density at radius 2 is 2.12 bits per heavy atom. The highest BCUT2D eigenvalue weighted by Crippen LogP contribution is 2.34. The number of unbranched alkanes of at least 4 members (excludes halogenated alkanes) is 1. The Morgan fingerprint density at radius 1 is 1.29 bits per heavy atom. The molecule has 0 amide bonds. The molecule has 1 heterocycles. The van der Waals surface area contributed by atoms with E-state index in [1.165, 1.54) is 0 Å². The van der Waals surface area contributed by atoms with E-state index in [1.54, 1.807) is 0 Å². The maximum Gasteiger partial charge on any atom is 0.303 e. The molecule has 0 spiro atoms. The highest BCUT2D eigenvalue weighted by atomic mass is 16.7. The van der Waals surface area contributed by atoms with Gasteiger partial charge in [-0.15, -0.1) is 0 Å². The third-order valence-corrected chi connectivity index (χ3v) is 2.52. The Hall–Kier alpha value is -1.91. The van der Waals surface area contributed by atoms with E-state index in [1.807, 2.05) is 18.2 Å². The van der Waals surface area contributed by atoms with Gasteiger partial charge in [-0.05, 0) is 25.0 Å². The summed E-state index contributed by atoms with van der Waals surface area (Å²) < 4.78 is 10.5. The van der Waals surface area contributed by atoms with Crippen molar-refractivity contribution in [2.75, 3.05) is 18.7 Å². The van der Waals surface area contributed by atoms with Crippen LogP contribution in [0.15, 0.2) is 18.2 Å².